The van der Waals surface area contributed by atoms with Gasteiger partial charge >= 0.3 is 0 Å². The standard InChI is InChI=1S/C16H26BrN3O.HI/c1-3-21-12-6-11-20-16(18-2)19-10-5-8-14-7-4-9-15(17)13-14;/h4,7,9,13H,3,5-6,8,10-12H2,1-2H3,(H2,18,19,20);1H. The molecule has 0 bridgehead atoms. The largest absolute Gasteiger partial charge is 0.382 e. The van der Waals surface area contributed by atoms with Crippen molar-refractivity contribution in [1.82, 2.24) is 10.6 Å². The highest BCUT2D eigenvalue weighted by atomic mass is 127. The Kier molecular flexibility index (Phi) is 14.0. The van der Waals surface area contributed by atoms with Gasteiger partial charge in [0, 0.05) is 37.8 Å². The van der Waals surface area contributed by atoms with E-state index in [0.717, 1.165) is 56.0 Å². The number of nitrogens with zero attached hydrogens (tertiary/aromatic N) is 1. The Labute approximate surface area is 159 Å². The van der Waals surface area contributed by atoms with Crippen molar-refractivity contribution in [2.75, 3.05) is 33.4 Å². The molecule has 0 unspecified atom stereocenters. The molecule has 0 aliphatic carbocycles. The third-order valence-corrected chi connectivity index (χ3v) is 3.50. The number of aryl methyl sites for hydroxylation is 1. The zero-order chi connectivity index (χ0) is 15.3. The van der Waals surface area contributed by atoms with Crippen LogP contribution in [-0.4, -0.2) is 39.3 Å². The molecule has 0 spiro atoms. The third-order valence-electron chi connectivity index (χ3n) is 3.01. The molecule has 0 saturated carbocycles. The lowest BCUT2D eigenvalue weighted by Gasteiger charge is -2.11. The number of nitrogens with one attached hydrogen (secondary N) is 2. The van der Waals surface area contributed by atoms with E-state index < -0.39 is 0 Å². The smallest absolute Gasteiger partial charge is 0.190 e. The van der Waals surface area contributed by atoms with Gasteiger partial charge in [-0.25, -0.2) is 0 Å². The van der Waals surface area contributed by atoms with Crippen LogP contribution in [0.4, 0.5) is 0 Å². The second-order valence-corrected chi connectivity index (χ2v) is 5.63. The van der Waals surface area contributed by atoms with E-state index in [4.69, 9.17) is 4.74 Å². The van der Waals surface area contributed by atoms with E-state index in [-0.39, 0.29) is 24.0 Å². The van der Waals surface area contributed by atoms with Gasteiger partial charge in [0.25, 0.3) is 0 Å². The van der Waals surface area contributed by atoms with E-state index in [1.54, 1.807) is 7.05 Å². The first-order valence-electron chi connectivity index (χ1n) is 7.53. The first kappa shape index (κ1) is 21.7. The summed E-state index contributed by atoms with van der Waals surface area (Å²) in [6, 6.07) is 8.45. The van der Waals surface area contributed by atoms with E-state index in [0.29, 0.717) is 0 Å². The lowest BCUT2D eigenvalue weighted by molar-refractivity contribution is 0.145. The lowest BCUT2D eigenvalue weighted by Crippen LogP contribution is -2.38. The van der Waals surface area contributed by atoms with Crippen LogP contribution in [0.1, 0.15) is 25.3 Å². The SMILES string of the molecule is CCOCCCNC(=NC)NCCCc1cccc(Br)c1.I. The van der Waals surface area contributed by atoms with E-state index in [9.17, 15) is 0 Å². The quantitative estimate of drug-likeness (QED) is 0.244. The minimum Gasteiger partial charge on any atom is -0.382 e. The maximum absolute atomic E-state index is 5.30. The molecule has 1 rings (SSSR count). The molecule has 22 heavy (non-hydrogen) atoms. The highest BCUT2D eigenvalue weighted by molar-refractivity contribution is 14.0. The molecule has 126 valence electrons. The molecule has 1 aromatic carbocycles. The van der Waals surface area contributed by atoms with Crippen molar-refractivity contribution in [2.24, 2.45) is 4.99 Å². The normalized spacial score (nSPS) is 11.0. The number of hydrogen-bond donors (Lipinski definition) is 2. The summed E-state index contributed by atoms with van der Waals surface area (Å²) in [5, 5.41) is 6.62. The Bertz CT molecular complexity index is 430. The Morgan fingerprint density at radius 1 is 1.23 bits per heavy atom. The Balaban J connectivity index is 0.00000441. The van der Waals surface area contributed by atoms with E-state index in [1.807, 2.05) is 6.92 Å². The summed E-state index contributed by atoms with van der Waals surface area (Å²) in [6.45, 7) is 5.38. The number of halogens is 2. The van der Waals surface area contributed by atoms with Crippen LogP contribution in [0.5, 0.6) is 0 Å². The van der Waals surface area contributed by atoms with Crippen molar-refractivity contribution in [3.05, 3.63) is 34.3 Å². The van der Waals surface area contributed by atoms with Gasteiger partial charge in [-0.2, -0.15) is 0 Å². The molecule has 0 aromatic heterocycles. The summed E-state index contributed by atoms with van der Waals surface area (Å²) in [4.78, 5) is 4.21. The van der Waals surface area contributed by atoms with Crippen molar-refractivity contribution in [3.63, 3.8) is 0 Å². The van der Waals surface area contributed by atoms with Crippen LogP contribution >= 0.6 is 39.9 Å². The van der Waals surface area contributed by atoms with Crippen molar-refractivity contribution in [2.45, 2.75) is 26.2 Å². The summed E-state index contributed by atoms with van der Waals surface area (Å²) in [6.07, 6.45) is 3.14. The molecular weight excluding hydrogens is 457 g/mol. The maximum Gasteiger partial charge on any atom is 0.190 e. The Hall–Kier alpha value is -0.340. The van der Waals surface area contributed by atoms with Crippen molar-refractivity contribution >= 4 is 45.9 Å². The molecule has 1 aromatic rings. The molecule has 4 nitrogen and oxygen atoms in total. The molecule has 6 heteroatoms. The fourth-order valence-corrected chi connectivity index (χ4v) is 2.38. The topological polar surface area (TPSA) is 45.6 Å². The molecule has 0 atom stereocenters. The van der Waals surface area contributed by atoms with Crippen LogP contribution < -0.4 is 10.6 Å². The minimum absolute atomic E-state index is 0. The van der Waals surface area contributed by atoms with E-state index in [1.165, 1.54) is 5.56 Å². The molecular formula is C16H27BrIN3O. The zero-order valence-electron chi connectivity index (χ0n) is 13.4. The predicted molar refractivity (Wildman–Crippen MR) is 108 cm³/mol. The molecule has 0 aliphatic rings. The molecule has 0 saturated heterocycles. The van der Waals surface area contributed by atoms with Crippen LogP contribution in [0.3, 0.4) is 0 Å². The van der Waals surface area contributed by atoms with Crippen LogP contribution in [-0.2, 0) is 11.2 Å². The van der Waals surface area contributed by atoms with Gasteiger partial charge in [-0.15, -0.1) is 24.0 Å². The van der Waals surface area contributed by atoms with Gasteiger partial charge in [0.05, 0.1) is 0 Å². The van der Waals surface area contributed by atoms with Gasteiger partial charge in [-0.3, -0.25) is 4.99 Å². The van der Waals surface area contributed by atoms with Crippen LogP contribution in [0, 0.1) is 0 Å². The monoisotopic (exact) mass is 483 g/mol. The second-order valence-electron chi connectivity index (χ2n) is 4.71. The molecule has 0 fully saturated rings. The van der Waals surface area contributed by atoms with Crippen molar-refractivity contribution < 1.29 is 4.74 Å². The Morgan fingerprint density at radius 3 is 2.59 bits per heavy atom. The summed E-state index contributed by atoms with van der Waals surface area (Å²) in [7, 11) is 1.80. The summed E-state index contributed by atoms with van der Waals surface area (Å²) in [5.74, 6) is 0.862. The molecule has 0 aliphatic heterocycles. The highest BCUT2D eigenvalue weighted by Crippen LogP contribution is 2.12. The molecule has 0 amide bonds. The van der Waals surface area contributed by atoms with Gasteiger partial charge in [-0.05, 0) is 43.9 Å². The number of ether oxygens (including phenoxy) is 1. The Morgan fingerprint density at radius 2 is 1.95 bits per heavy atom. The van der Waals surface area contributed by atoms with Crippen LogP contribution in [0.25, 0.3) is 0 Å². The predicted octanol–water partition coefficient (Wildman–Crippen LogP) is 3.59. The third kappa shape index (κ3) is 10.4. The number of aliphatic imine (C=N–C) groups is 1. The number of guanidine groups is 1. The van der Waals surface area contributed by atoms with Crippen LogP contribution in [0.2, 0.25) is 0 Å². The molecule has 2 N–H and O–H groups in total. The van der Waals surface area contributed by atoms with Crippen molar-refractivity contribution in [3.8, 4) is 0 Å². The van der Waals surface area contributed by atoms with Gasteiger partial charge in [0.1, 0.15) is 0 Å². The van der Waals surface area contributed by atoms with E-state index >= 15 is 0 Å². The first-order chi connectivity index (χ1) is 10.3. The maximum atomic E-state index is 5.30. The summed E-state index contributed by atoms with van der Waals surface area (Å²) >= 11 is 3.50. The second kappa shape index (κ2) is 14.3. The van der Waals surface area contributed by atoms with Gasteiger partial charge in [0.2, 0.25) is 0 Å². The van der Waals surface area contributed by atoms with Gasteiger partial charge < -0.3 is 15.4 Å². The van der Waals surface area contributed by atoms with Gasteiger partial charge in [-0.1, -0.05) is 28.1 Å². The average Bonchev–Trinajstić information content (AvgIpc) is 2.49. The highest BCUT2D eigenvalue weighted by Gasteiger charge is 1.98. The fourth-order valence-electron chi connectivity index (χ4n) is 1.94. The fraction of sp³-hybridized carbons (Fsp3) is 0.562. The number of rotatable bonds is 9. The lowest BCUT2D eigenvalue weighted by atomic mass is 10.1. The summed E-state index contributed by atoms with van der Waals surface area (Å²) in [5.41, 5.74) is 1.35. The number of hydrogen-bond acceptors (Lipinski definition) is 2. The van der Waals surface area contributed by atoms with Crippen LogP contribution in [0.15, 0.2) is 33.7 Å². The van der Waals surface area contributed by atoms with Gasteiger partial charge in [0.15, 0.2) is 5.96 Å². The zero-order valence-corrected chi connectivity index (χ0v) is 17.3. The van der Waals surface area contributed by atoms with Crippen molar-refractivity contribution in [1.29, 1.82) is 0 Å². The molecule has 0 heterocycles. The average molecular weight is 484 g/mol. The molecule has 0 radical (unpaired) electrons. The first-order valence-corrected chi connectivity index (χ1v) is 8.32. The number of benzene rings is 1. The summed E-state index contributed by atoms with van der Waals surface area (Å²) < 4.78 is 6.44. The minimum atomic E-state index is 0. The van der Waals surface area contributed by atoms with E-state index in [2.05, 4.69) is 55.8 Å².